The van der Waals surface area contributed by atoms with Crippen molar-refractivity contribution in [2.24, 2.45) is 0 Å². The molecule has 0 saturated carbocycles. The maximum Gasteiger partial charge on any atom is 0.351 e. The lowest BCUT2D eigenvalue weighted by Gasteiger charge is -2.35. The van der Waals surface area contributed by atoms with Crippen molar-refractivity contribution >= 4 is 72.2 Å². The van der Waals surface area contributed by atoms with Gasteiger partial charge in [-0.2, -0.15) is 0 Å². The molecule has 2 N–H and O–H groups in total. The molecule has 1 fully saturated rings. The number of hydrogen-bond acceptors (Lipinski definition) is 12. The van der Waals surface area contributed by atoms with Gasteiger partial charge in [0.1, 0.15) is 10.5 Å². The van der Waals surface area contributed by atoms with Crippen molar-refractivity contribution in [1.29, 1.82) is 0 Å². The van der Waals surface area contributed by atoms with Crippen LogP contribution in [0.1, 0.15) is 66.8 Å². The summed E-state index contributed by atoms with van der Waals surface area (Å²) in [5.74, 6) is -2.04. The fraction of sp³-hybridized carbons (Fsp3) is 0.485. The molecular formula is C33H43BrN2O10S3. The molecule has 3 heterocycles. The Hall–Kier alpha value is -3.02. The molecule has 3 aromatic rings. The molecule has 2 aromatic heterocycles. The van der Waals surface area contributed by atoms with Crippen molar-refractivity contribution in [3.8, 4) is 16.2 Å². The first-order valence-corrected chi connectivity index (χ1v) is 19.6. The molecule has 0 radical (unpaired) electrons. The van der Waals surface area contributed by atoms with E-state index in [4.69, 9.17) is 24.1 Å². The number of carbonyl (C=O) groups is 3. The van der Waals surface area contributed by atoms with E-state index >= 15 is 0 Å². The van der Waals surface area contributed by atoms with E-state index in [0.29, 0.717) is 38.3 Å². The van der Waals surface area contributed by atoms with Crippen LogP contribution >= 0.6 is 38.6 Å². The molecule has 0 unspecified atom stereocenters. The van der Waals surface area contributed by atoms with E-state index in [1.54, 1.807) is 56.5 Å². The molecule has 1 aliphatic heterocycles. The Morgan fingerprint density at radius 1 is 1.12 bits per heavy atom. The van der Waals surface area contributed by atoms with Gasteiger partial charge in [-0.25, -0.2) is 22.8 Å². The third-order valence-corrected chi connectivity index (χ3v) is 11.6. The van der Waals surface area contributed by atoms with E-state index in [9.17, 15) is 22.8 Å². The number of thiophene rings is 2. The standard InChI is InChI=1S/C28H39BrN2O8S2.C5H4O2S/c1-18(2)37-14-15-41(34,35)31(20-10-12-30-13-11-20)21-9-7-8-19(16-21)25-23(29)24(26(40-25)27(33)36-6)38-17-22(32)39-28(3,4)5;6-5(7)4-2-1-3-8-4/h7-9,16,18,20,30H,10-15,17H2,1-6H3;1-3H,(H,6,7). The molecule has 0 amide bonds. The molecule has 16 heteroatoms. The normalized spacial score (nSPS) is 13.7. The molecular weight excluding hydrogens is 760 g/mol. The summed E-state index contributed by atoms with van der Waals surface area (Å²) in [6, 6.07) is 10.3. The highest BCUT2D eigenvalue weighted by Crippen LogP contribution is 2.46. The van der Waals surface area contributed by atoms with Gasteiger partial charge < -0.3 is 29.4 Å². The minimum atomic E-state index is -3.71. The lowest BCUT2D eigenvalue weighted by molar-refractivity contribution is -0.157. The zero-order chi connectivity index (χ0) is 36.4. The van der Waals surface area contributed by atoms with E-state index in [2.05, 4.69) is 21.2 Å². The first-order valence-electron chi connectivity index (χ1n) is 15.5. The highest BCUT2D eigenvalue weighted by Gasteiger charge is 2.32. The van der Waals surface area contributed by atoms with E-state index in [1.165, 1.54) is 22.8 Å². The van der Waals surface area contributed by atoms with Crippen LogP contribution in [0.2, 0.25) is 0 Å². The number of rotatable bonds is 13. The van der Waals surface area contributed by atoms with Gasteiger partial charge in [-0.3, -0.25) is 4.31 Å². The van der Waals surface area contributed by atoms with Gasteiger partial charge in [-0.15, -0.1) is 22.7 Å². The van der Waals surface area contributed by atoms with Gasteiger partial charge in [0.15, 0.2) is 17.2 Å². The summed E-state index contributed by atoms with van der Waals surface area (Å²) in [7, 11) is -2.45. The third-order valence-electron chi connectivity index (χ3n) is 6.76. The largest absolute Gasteiger partial charge is 0.479 e. The Morgan fingerprint density at radius 2 is 1.82 bits per heavy atom. The number of ether oxygens (including phenoxy) is 4. The molecule has 0 atom stereocenters. The molecule has 12 nitrogen and oxygen atoms in total. The maximum absolute atomic E-state index is 13.7. The van der Waals surface area contributed by atoms with E-state index in [0.717, 1.165) is 24.4 Å². The van der Waals surface area contributed by atoms with Crippen LogP contribution in [0, 0.1) is 0 Å². The van der Waals surface area contributed by atoms with Crippen molar-refractivity contribution in [3.63, 3.8) is 0 Å². The second-order valence-electron chi connectivity index (χ2n) is 12.1. The fourth-order valence-corrected chi connectivity index (χ4v) is 8.88. The molecule has 1 aromatic carbocycles. The summed E-state index contributed by atoms with van der Waals surface area (Å²) in [6.07, 6.45) is 1.27. The fourth-order valence-electron chi connectivity index (χ4n) is 4.75. The average molecular weight is 804 g/mol. The first-order chi connectivity index (χ1) is 23.0. The Balaban J connectivity index is 0.000000710. The summed E-state index contributed by atoms with van der Waals surface area (Å²) in [5.41, 5.74) is 0.504. The van der Waals surface area contributed by atoms with E-state index in [-0.39, 0.29) is 35.1 Å². The monoisotopic (exact) mass is 802 g/mol. The minimum absolute atomic E-state index is 0.0761. The summed E-state index contributed by atoms with van der Waals surface area (Å²) in [4.78, 5) is 36.2. The Morgan fingerprint density at radius 3 is 2.37 bits per heavy atom. The number of halogens is 1. The number of anilines is 1. The Labute approximate surface area is 303 Å². The van der Waals surface area contributed by atoms with Crippen molar-refractivity contribution in [2.45, 2.75) is 65.2 Å². The minimum Gasteiger partial charge on any atom is -0.479 e. The number of nitrogens with one attached hydrogen (secondary N) is 1. The number of sulfonamides is 1. The molecule has 0 bridgehead atoms. The average Bonchev–Trinajstić information content (AvgIpc) is 3.68. The van der Waals surface area contributed by atoms with Crippen LogP contribution < -0.4 is 14.4 Å². The number of nitrogens with zero attached hydrogens (tertiary/aromatic N) is 1. The predicted octanol–water partition coefficient (Wildman–Crippen LogP) is 6.44. The molecule has 270 valence electrons. The lowest BCUT2D eigenvalue weighted by Crippen LogP contribution is -2.47. The highest BCUT2D eigenvalue weighted by molar-refractivity contribution is 9.10. The summed E-state index contributed by atoms with van der Waals surface area (Å²) < 4.78 is 50.9. The number of esters is 2. The molecule has 1 aliphatic rings. The number of carboxylic acids is 1. The van der Waals surface area contributed by atoms with Gasteiger partial charge in [0.05, 0.1) is 40.6 Å². The lowest BCUT2D eigenvalue weighted by atomic mass is 10.1. The number of piperidine rings is 1. The van der Waals surface area contributed by atoms with Crippen molar-refractivity contribution < 1.29 is 46.9 Å². The number of carboxylic acid groups (broad SMARTS) is 1. The Kier molecular flexibility index (Phi) is 15.1. The summed E-state index contributed by atoms with van der Waals surface area (Å²) >= 11 is 5.89. The zero-order valence-corrected chi connectivity index (χ0v) is 32.4. The maximum atomic E-state index is 13.7. The van der Waals surface area contributed by atoms with Crippen LogP contribution in [0.5, 0.6) is 5.75 Å². The second kappa shape index (κ2) is 18.3. The number of benzene rings is 1. The quantitative estimate of drug-likeness (QED) is 0.183. The van der Waals surface area contributed by atoms with E-state index in [1.807, 2.05) is 19.9 Å². The topological polar surface area (TPSA) is 158 Å². The smallest absolute Gasteiger partial charge is 0.351 e. The van der Waals surface area contributed by atoms with Crippen molar-refractivity contribution in [3.05, 3.63) is 56.0 Å². The third kappa shape index (κ3) is 12.1. The molecule has 49 heavy (non-hydrogen) atoms. The van der Waals surface area contributed by atoms with Crippen molar-refractivity contribution in [1.82, 2.24) is 5.32 Å². The van der Waals surface area contributed by atoms with Gasteiger partial charge >= 0.3 is 17.9 Å². The first kappa shape index (κ1) is 40.4. The van der Waals surface area contributed by atoms with E-state index < -0.39 is 40.1 Å². The molecule has 0 spiro atoms. The van der Waals surface area contributed by atoms with Crippen LogP contribution in [0.15, 0.2) is 46.3 Å². The number of carbonyl (C=O) groups excluding carboxylic acids is 2. The van der Waals surface area contributed by atoms with Crippen LogP contribution in [0.3, 0.4) is 0 Å². The molecule has 0 aliphatic carbocycles. The molecule has 1 saturated heterocycles. The van der Waals surface area contributed by atoms with Crippen molar-refractivity contribution in [2.75, 3.05) is 43.5 Å². The van der Waals surface area contributed by atoms with Gasteiger partial charge in [0, 0.05) is 6.04 Å². The summed E-state index contributed by atoms with van der Waals surface area (Å²) in [6.45, 7) is 10.1. The van der Waals surface area contributed by atoms with Crippen LogP contribution in [-0.2, 0) is 29.0 Å². The highest BCUT2D eigenvalue weighted by atomic mass is 79.9. The zero-order valence-electron chi connectivity index (χ0n) is 28.3. The number of hydrogen-bond donors (Lipinski definition) is 2. The second-order valence-corrected chi connectivity index (χ2v) is 16.8. The van der Waals surface area contributed by atoms with Crippen LogP contribution in [0.25, 0.3) is 10.4 Å². The number of methoxy groups -OCH3 is 1. The van der Waals surface area contributed by atoms with Gasteiger partial charge in [-0.1, -0.05) is 18.2 Å². The summed E-state index contributed by atoms with van der Waals surface area (Å²) in [5, 5.41) is 13.3. The number of aromatic carboxylic acids is 1. The van der Waals surface area contributed by atoms with Crippen LogP contribution in [0.4, 0.5) is 5.69 Å². The Bertz CT molecular complexity index is 1660. The van der Waals surface area contributed by atoms with Crippen LogP contribution in [-0.4, -0.2) is 88.3 Å². The van der Waals surface area contributed by atoms with Gasteiger partial charge in [0.25, 0.3) is 0 Å². The molecule has 4 rings (SSSR count). The van der Waals surface area contributed by atoms with Gasteiger partial charge in [0.2, 0.25) is 10.0 Å². The van der Waals surface area contributed by atoms with Gasteiger partial charge in [-0.05, 0) is 106 Å². The predicted molar refractivity (Wildman–Crippen MR) is 195 cm³/mol. The SMILES string of the molecule is COC(=O)c1sc(-c2cccc(N(C3CCNCC3)S(=O)(=O)CCOC(C)C)c2)c(Br)c1OCC(=O)OC(C)(C)C.O=C(O)c1cccs1.